The number of rotatable bonds is 6. The molecule has 0 bridgehead atoms. The van der Waals surface area contributed by atoms with E-state index < -0.39 is 0 Å². The smallest absolute Gasteiger partial charge is 0.244 e. The first-order valence-corrected chi connectivity index (χ1v) is 7.80. The molecule has 118 valence electrons. The fourth-order valence-corrected chi connectivity index (χ4v) is 2.59. The number of amides is 1. The van der Waals surface area contributed by atoms with Gasteiger partial charge in [-0.3, -0.25) is 4.79 Å². The van der Waals surface area contributed by atoms with E-state index >= 15 is 0 Å². The maximum atomic E-state index is 11.8. The van der Waals surface area contributed by atoms with E-state index in [1.54, 1.807) is 6.08 Å². The molecule has 23 heavy (non-hydrogen) atoms. The van der Waals surface area contributed by atoms with E-state index in [1.165, 1.54) is 17.0 Å². The highest BCUT2D eigenvalue weighted by Crippen LogP contribution is 2.18. The minimum Gasteiger partial charge on any atom is -0.462 e. The molecule has 2 heterocycles. The molecule has 1 amide bonds. The van der Waals surface area contributed by atoms with Gasteiger partial charge in [0.25, 0.3) is 0 Å². The molecule has 4 heteroatoms. The van der Waals surface area contributed by atoms with Crippen LogP contribution in [0.5, 0.6) is 0 Å². The number of carbonyl (C=O) groups excluding carboxylic acids is 1. The second kappa shape index (κ2) is 7.01. The summed E-state index contributed by atoms with van der Waals surface area (Å²) in [6.07, 6.45) is 7.07. The van der Waals surface area contributed by atoms with Crippen LogP contribution in [0.3, 0.4) is 0 Å². The summed E-state index contributed by atoms with van der Waals surface area (Å²) >= 11 is 0. The number of hydrogen-bond donors (Lipinski definition) is 2. The van der Waals surface area contributed by atoms with Crippen molar-refractivity contribution >= 4 is 22.9 Å². The monoisotopic (exact) mass is 308 g/mol. The molecule has 0 unspecified atom stereocenters. The van der Waals surface area contributed by atoms with E-state index in [9.17, 15) is 4.79 Å². The second-order valence-corrected chi connectivity index (χ2v) is 5.54. The van der Waals surface area contributed by atoms with E-state index in [2.05, 4.69) is 22.4 Å². The Morgan fingerprint density at radius 3 is 2.96 bits per heavy atom. The lowest BCUT2D eigenvalue weighted by atomic mass is 10.1. The van der Waals surface area contributed by atoms with Gasteiger partial charge in [-0.2, -0.15) is 0 Å². The lowest BCUT2D eigenvalue weighted by Crippen LogP contribution is -2.22. The summed E-state index contributed by atoms with van der Waals surface area (Å²) in [6.45, 7) is 2.53. The van der Waals surface area contributed by atoms with Crippen LogP contribution in [-0.4, -0.2) is 17.4 Å². The maximum Gasteiger partial charge on any atom is 0.244 e. The van der Waals surface area contributed by atoms with Crippen LogP contribution < -0.4 is 5.32 Å². The molecule has 0 saturated heterocycles. The lowest BCUT2D eigenvalue weighted by Gasteiger charge is -2.02. The third-order valence-corrected chi connectivity index (χ3v) is 3.76. The third kappa shape index (κ3) is 3.92. The van der Waals surface area contributed by atoms with Crippen LogP contribution in [0.15, 0.2) is 53.1 Å². The second-order valence-electron chi connectivity index (χ2n) is 5.54. The molecule has 0 atom stereocenters. The molecule has 1 aromatic carbocycles. The number of fused-ring (bicyclic) bond motifs is 1. The molecule has 3 aromatic rings. The van der Waals surface area contributed by atoms with Gasteiger partial charge in [-0.05, 0) is 49.6 Å². The average molecular weight is 308 g/mol. The van der Waals surface area contributed by atoms with Gasteiger partial charge in [-0.15, -0.1) is 0 Å². The predicted octanol–water partition coefficient (Wildman–Crippen LogP) is 3.83. The zero-order chi connectivity index (χ0) is 16.1. The molecule has 0 aliphatic rings. The van der Waals surface area contributed by atoms with Crippen molar-refractivity contribution in [2.24, 2.45) is 0 Å². The summed E-state index contributed by atoms with van der Waals surface area (Å²) in [7, 11) is 0. The van der Waals surface area contributed by atoms with Crippen molar-refractivity contribution < 1.29 is 9.21 Å². The van der Waals surface area contributed by atoms with Gasteiger partial charge in [-0.25, -0.2) is 0 Å². The molecule has 0 spiro atoms. The van der Waals surface area contributed by atoms with E-state index in [1.807, 2.05) is 37.4 Å². The van der Waals surface area contributed by atoms with Gasteiger partial charge < -0.3 is 14.7 Å². The quantitative estimate of drug-likeness (QED) is 0.537. The number of benzene rings is 1. The first-order chi connectivity index (χ1) is 11.2. The van der Waals surface area contributed by atoms with Crippen LogP contribution in [0.4, 0.5) is 0 Å². The molecular formula is C19H20N2O2. The van der Waals surface area contributed by atoms with Crippen LogP contribution in [0.1, 0.15) is 23.5 Å². The van der Waals surface area contributed by atoms with Crippen molar-refractivity contribution in [2.45, 2.75) is 19.8 Å². The van der Waals surface area contributed by atoms with Crippen molar-refractivity contribution in [1.82, 2.24) is 10.3 Å². The molecule has 2 N–H and O–H groups in total. The van der Waals surface area contributed by atoms with Crippen molar-refractivity contribution in [1.29, 1.82) is 0 Å². The minimum absolute atomic E-state index is 0.0991. The van der Waals surface area contributed by atoms with Crippen LogP contribution >= 0.6 is 0 Å². The summed E-state index contributed by atoms with van der Waals surface area (Å²) < 4.78 is 5.38. The van der Waals surface area contributed by atoms with E-state index in [4.69, 9.17) is 4.42 Å². The fraction of sp³-hybridized carbons (Fsp3) is 0.211. The zero-order valence-corrected chi connectivity index (χ0v) is 13.1. The van der Waals surface area contributed by atoms with Crippen molar-refractivity contribution in [3.63, 3.8) is 0 Å². The van der Waals surface area contributed by atoms with Gasteiger partial charge in [0.2, 0.25) is 5.91 Å². The zero-order valence-electron chi connectivity index (χ0n) is 13.1. The molecular weight excluding hydrogens is 288 g/mol. The molecule has 0 aliphatic carbocycles. The van der Waals surface area contributed by atoms with Gasteiger partial charge in [0.15, 0.2) is 0 Å². The number of para-hydroxylation sites is 1. The Kier molecular flexibility index (Phi) is 4.62. The molecule has 0 aliphatic heterocycles. The van der Waals surface area contributed by atoms with Gasteiger partial charge in [0, 0.05) is 29.7 Å². The standard InChI is InChI=1S/C19H20N2O2/c1-14-8-9-16(23-14)10-11-19(22)20-12-4-5-15-13-21-18-7-3-2-6-17(15)18/h2-3,6-11,13,21H,4-5,12H2,1H3,(H,20,22)/b11-10+. The summed E-state index contributed by atoms with van der Waals surface area (Å²) in [4.78, 5) is 15.0. The maximum absolute atomic E-state index is 11.8. The third-order valence-electron chi connectivity index (χ3n) is 3.76. The lowest BCUT2D eigenvalue weighted by molar-refractivity contribution is -0.116. The van der Waals surface area contributed by atoms with Crippen molar-refractivity contribution in [3.05, 3.63) is 65.8 Å². The van der Waals surface area contributed by atoms with Gasteiger partial charge in [-0.1, -0.05) is 18.2 Å². The number of aromatic amines is 1. The Morgan fingerprint density at radius 1 is 1.26 bits per heavy atom. The van der Waals surface area contributed by atoms with E-state index in [0.717, 1.165) is 24.1 Å². The van der Waals surface area contributed by atoms with Gasteiger partial charge >= 0.3 is 0 Å². The van der Waals surface area contributed by atoms with Crippen molar-refractivity contribution in [3.8, 4) is 0 Å². The number of aromatic nitrogens is 1. The molecule has 0 radical (unpaired) electrons. The SMILES string of the molecule is Cc1ccc(/C=C/C(=O)NCCCc2c[nH]c3ccccc23)o1. The Labute approximate surface area is 135 Å². The minimum atomic E-state index is -0.0991. The Morgan fingerprint density at radius 2 is 2.13 bits per heavy atom. The fourth-order valence-electron chi connectivity index (χ4n) is 2.59. The van der Waals surface area contributed by atoms with Crippen LogP contribution in [0, 0.1) is 6.92 Å². The summed E-state index contributed by atoms with van der Waals surface area (Å²) in [5.41, 5.74) is 2.44. The van der Waals surface area contributed by atoms with Gasteiger partial charge in [0.1, 0.15) is 11.5 Å². The molecule has 0 saturated carbocycles. The first-order valence-electron chi connectivity index (χ1n) is 7.80. The highest BCUT2D eigenvalue weighted by molar-refractivity contribution is 5.91. The first kappa shape index (κ1) is 15.2. The Bertz CT molecular complexity index is 827. The molecule has 2 aromatic heterocycles. The van der Waals surface area contributed by atoms with E-state index in [0.29, 0.717) is 12.3 Å². The number of H-pyrrole nitrogens is 1. The van der Waals surface area contributed by atoms with E-state index in [-0.39, 0.29) is 5.91 Å². The molecule has 3 rings (SSSR count). The van der Waals surface area contributed by atoms with Crippen LogP contribution in [0.25, 0.3) is 17.0 Å². The average Bonchev–Trinajstić information content (AvgIpc) is 3.16. The summed E-state index contributed by atoms with van der Waals surface area (Å²) in [5.74, 6) is 1.43. The number of furan rings is 1. The number of hydrogen-bond acceptors (Lipinski definition) is 2. The van der Waals surface area contributed by atoms with Gasteiger partial charge in [0.05, 0.1) is 0 Å². The van der Waals surface area contributed by atoms with Crippen LogP contribution in [0.2, 0.25) is 0 Å². The Hall–Kier alpha value is -2.75. The largest absolute Gasteiger partial charge is 0.462 e. The number of carbonyl (C=O) groups is 1. The summed E-state index contributed by atoms with van der Waals surface area (Å²) in [5, 5.41) is 4.15. The topological polar surface area (TPSA) is 58.0 Å². The predicted molar refractivity (Wildman–Crippen MR) is 92.1 cm³/mol. The number of aryl methyl sites for hydroxylation is 2. The highest BCUT2D eigenvalue weighted by Gasteiger charge is 2.03. The summed E-state index contributed by atoms with van der Waals surface area (Å²) in [6, 6.07) is 12.0. The molecule has 0 fully saturated rings. The molecule has 4 nitrogen and oxygen atoms in total. The van der Waals surface area contributed by atoms with Crippen LogP contribution in [-0.2, 0) is 11.2 Å². The Balaban J connectivity index is 1.44. The van der Waals surface area contributed by atoms with Crippen molar-refractivity contribution in [2.75, 3.05) is 6.54 Å². The highest BCUT2D eigenvalue weighted by atomic mass is 16.3. The normalized spacial score (nSPS) is 11.3. The number of nitrogens with one attached hydrogen (secondary N) is 2.